The molecule has 1 aliphatic rings. The molecule has 0 aliphatic carbocycles. The number of likely N-dealkylation sites (N-methyl/N-ethyl adjacent to an activating group) is 1. The van der Waals surface area contributed by atoms with Gasteiger partial charge in [0.2, 0.25) is 5.91 Å². The van der Waals surface area contributed by atoms with Crippen molar-refractivity contribution < 1.29 is 13.2 Å². The maximum Gasteiger partial charge on any atom is 0.243 e. The van der Waals surface area contributed by atoms with Crippen molar-refractivity contribution in [3.63, 3.8) is 0 Å². The lowest BCUT2D eigenvalue weighted by atomic mass is 9.95. The quantitative estimate of drug-likeness (QED) is 0.872. The molecular formula is C14H22N2O3S2. The molecule has 0 bridgehead atoms. The lowest BCUT2D eigenvalue weighted by Gasteiger charge is -2.37. The van der Waals surface area contributed by atoms with Crippen LogP contribution in [0.15, 0.2) is 17.5 Å². The normalized spacial score (nSPS) is 18.4. The maximum absolute atomic E-state index is 12.7. The summed E-state index contributed by atoms with van der Waals surface area (Å²) in [5.74, 6) is -0.261. The second-order valence-corrected chi connectivity index (χ2v) is 8.93. The van der Waals surface area contributed by atoms with E-state index >= 15 is 0 Å². The number of amides is 1. The largest absolute Gasteiger partial charge is 0.344 e. The summed E-state index contributed by atoms with van der Waals surface area (Å²) in [6, 6.07) is 4.01. The lowest BCUT2D eigenvalue weighted by Crippen LogP contribution is -2.57. The standard InChI is InChI=1S/C14H22N2O3S2/c1-16(10-5-12-4-3-11-20-12)13(17)14(21(2,18)19)6-8-15-9-7-14/h3-4,11,15H,5-10H2,1-2H3. The number of nitrogens with one attached hydrogen (secondary N) is 1. The summed E-state index contributed by atoms with van der Waals surface area (Å²) in [5.41, 5.74) is 0. The predicted octanol–water partition coefficient (Wildman–Crippen LogP) is 0.916. The lowest BCUT2D eigenvalue weighted by molar-refractivity contribution is -0.133. The monoisotopic (exact) mass is 330 g/mol. The van der Waals surface area contributed by atoms with Crippen molar-refractivity contribution in [2.75, 3.05) is 32.9 Å². The zero-order valence-electron chi connectivity index (χ0n) is 12.5. The number of rotatable bonds is 5. The third-order valence-electron chi connectivity index (χ3n) is 4.13. The molecule has 1 aliphatic heterocycles. The minimum atomic E-state index is -3.43. The molecule has 0 saturated carbocycles. The molecule has 2 heterocycles. The third kappa shape index (κ3) is 3.46. The second-order valence-electron chi connectivity index (χ2n) is 5.57. The zero-order valence-corrected chi connectivity index (χ0v) is 14.1. The van der Waals surface area contributed by atoms with Gasteiger partial charge in [-0.05, 0) is 43.8 Å². The molecule has 0 atom stereocenters. The molecule has 7 heteroatoms. The fraction of sp³-hybridized carbons (Fsp3) is 0.643. The first-order valence-electron chi connectivity index (χ1n) is 7.05. The highest BCUT2D eigenvalue weighted by molar-refractivity contribution is 7.92. The Bertz CT molecular complexity index is 575. The molecule has 2 rings (SSSR count). The molecule has 1 amide bonds. The van der Waals surface area contributed by atoms with Crippen molar-refractivity contribution in [1.29, 1.82) is 0 Å². The minimum Gasteiger partial charge on any atom is -0.344 e. The van der Waals surface area contributed by atoms with Crippen molar-refractivity contribution in [2.45, 2.75) is 24.0 Å². The second kappa shape index (κ2) is 6.46. The molecule has 0 spiro atoms. The van der Waals surface area contributed by atoms with E-state index in [0.717, 1.165) is 6.42 Å². The number of nitrogens with zero attached hydrogens (tertiary/aromatic N) is 1. The summed E-state index contributed by atoms with van der Waals surface area (Å²) in [5, 5.41) is 5.13. The first kappa shape index (κ1) is 16.5. The number of carbonyl (C=O) groups is 1. The number of hydrogen-bond acceptors (Lipinski definition) is 5. The van der Waals surface area contributed by atoms with Crippen LogP contribution in [0.5, 0.6) is 0 Å². The first-order valence-corrected chi connectivity index (χ1v) is 9.82. The highest BCUT2D eigenvalue weighted by Crippen LogP contribution is 2.29. The van der Waals surface area contributed by atoms with E-state index in [1.807, 2.05) is 17.5 Å². The van der Waals surface area contributed by atoms with Gasteiger partial charge in [-0.1, -0.05) is 6.07 Å². The smallest absolute Gasteiger partial charge is 0.243 e. The van der Waals surface area contributed by atoms with Crippen LogP contribution in [-0.4, -0.2) is 56.9 Å². The Labute approximate surface area is 130 Å². The van der Waals surface area contributed by atoms with E-state index in [1.54, 1.807) is 23.3 Å². The molecule has 118 valence electrons. The van der Waals surface area contributed by atoms with Gasteiger partial charge in [-0.25, -0.2) is 8.42 Å². The van der Waals surface area contributed by atoms with E-state index in [-0.39, 0.29) is 5.91 Å². The van der Waals surface area contributed by atoms with Gasteiger partial charge in [-0.15, -0.1) is 11.3 Å². The van der Waals surface area contributed by atoms with Gasteiger partial charge < -0.3 is 10.2 Å². The van der Waals surface area contributed by atoms with E-state index < -0.39 is 14.6 Å². The van der Waals surface area contributed by atoms with Crippen molar-refractivity contribution in [3.05, 3.63) is 22.4 Å². The summed E-state index contributed by atoms with van der Waals surface area (Å²) in [7, 11) is -1.73. The third-order valence-corrected chi connectivity index (χ3v) is 7.07. The summed E-state index contributed by atoms with van der Waals surface area (Å²) in [6.07, 6.45) is 2.66. The van der Waals surface area contributed by atoms with Crippen molar-refractivity contribution >= 4 is 27.1 Å². The molecule has 0 aromatic carbocycles. The van der Waals surface area contributed by atoms with E-state index in [4.69, 9.17) is 0 Å². The molecule has 0 radical (unpaired) electrons. The fourth-order valence-corrected chi connectivity index (χ4v) is 4.87. The summed E-state index contributed by atoms with van der Waals surface area (Å²) < 4.78 is 23.2. The van der Waals surface area contributed by atoms with Gasteiger partial charge in [0, 0.05) is 24.7 Å². The Morgan fingerprint density at radius 2 is 2.10 bits per heavy atom. The van der Waals surface area contributed by atoms with Gasteiger partial charge in [0.15, 0.2) is 14.6 Å². The average molecular weight is 330 g/mol. The minimum absolute atomic E-state index is 0.261. The van der Waals surface area contributed by atoms with Crippen molar-refractivity contribution in [2.24, 2.45) is 0 Å². The van der Waals surface area contributed by atoms with E-state index in [0.29, 0.717) is 32.5 Å². The van der Waals surface area contributed by atoms with Crippen LogP contribution in [0.4, 0.5) is 0 Å². The van der Waals surface area contributed by atoms with Crippen LogP contribution in [0, 0.1) is 0 Å². The Kier molecular flexibility index (Phi) is 5.06. The van der Waals surface area contributed by atoms with Gasteiger partial charge >= 0.3 is 0 Å². The molecule has 21 heavy (non-hydrogen) atoms. The Balaban J connectivity index is 2.10. The van der Waals surface area contributed by atoms with Crippen LogP contribution >= 0.6 is 11.3 Å². The van der Waals surface area contributed by atoms with Gasteiger partial charge in [0.25, 0.3) is 0 Å². The molecule has 5 nitrogen and oxygen atoms in total. The Hall–Kier alpha value is -0.920. The maximum atomic E-state index is 12.7. The average Bonchev–Trinajstić information content (AvgIpc) is 2.97. The van der Waals surface area contributed by atoms with Crippen LogP contribution < -0.4 is 5.32 Å². The zero-order chi connectivity index (χ0) is 15.5. The summed E-state index contributed by atoms with van der Waals surface area (Å²) in [6.45, 7) is 1.68. The van der Waals surface area contributed by atoms with Gasteiger partial charge in [-0.2, -0.15) is 0 Å². The molecule has 1 aromatic rings. The topological polar surface area (TPSA) is 66.5 Å². The molecule has 1 fully saturated rings. The SMILES string of the molecule is CN(CCc1cccs1)C(=O)C1(S(C)(=O)=O)CCNCC1. The van der Waals surface area contributed by atoms with Crippen LogP contribution in [-0.2, 0) is 21.1 Å². The van der Waals surface area contributed by atoms with Gasteiger partial charge in [-0.3, -0.25) is 4.79 Å². The summed E-state index contributed by atoms with van der Waals surface area (Å²) in [4.78, 5) is 15.5. The molecule has 1 aromatic heterocycles. The number of carbonyl (C=O) groups excluding carboxylic acids is 1. The van der Waals surface area contributed by atoms with E-state index in [9.17, 15) is 13.2 Å². The number of piperidine rings is 1. The van der Waals surface area contributed by atoms with Gasteiger partial charge in [0.05, 0.1) is 0 Å². The molecule has 0 unspecified atom stereocenters. The highest BCUT2D eigenvalue weighted by Gasteiger charge is 2.49. The van der Waals surface area contributed by atoms with Crippen LogP contribution in [0.25, 0.3) is 0 Å². The summed E-state index contributed by atoms with van der Waals surface area (Å²) >= 11 is 1.65. The Morgan fingerprint density at radius 3 is 2.62 bits per heavy atom. The van der Waals surface area contributed by atoms with Crippen molar-refractivity contribution in [1.82, 2.24) is 10.2 Å². The molecular weight excluding hydrogens is 308 g/mol. The fourth-order valence-electron chi connectivity index (χ4n) is 2.76. The highest BCUT2D eigenvalue weighted by atomic mass is 32.2. The van der Waals surface area contributed by atoms with Crippen LogP contribution in [0.3, 0.4) is 0 Å². The van der Waals surface area contributed by atoms with Crippen LogP contribution in [0.2, 0.25) is 0 Å². The Morgan fingerprint density at radius 1 is 1.43 bits per heavy atom. The number of thiophene rings is 1. The number of hydrogen-bond donors (Lipinski definition) is 1. The van der Waals surface area contributed by atoms with Crippen LogP contribution in [0.1, 0.15) is 17.7 Å². The van der Waals surface area contributed by atoms with E-state index in [2.05, 4.69) is 5.32 Å². The molecule has 1 saturated heterocycles. The number of sulfone groups is 1. The van der Waals surface area contributed by atoms with Gasteiger partial charge in [0.1, 0.15) is 0 Å². The first-order chi connectivity index (χ1) is 9.87. The van der Waals surface area contributed by atoms with E-state index in [1.165, 1.54) is 11.1 Å². The van der Waals surface area contributed by atoms with Crippen molar-refractivity contribution in [3.8, 4) is 0 Å². The predicted molar refractivity (Wildman–Crippen MR) is 85.3 cm³/mol. The molecule has 1 N–H and O–H groups in total.